The Bertz CT molecular complexity index is 2290. The molecule has 0 aromatic rings. The predicted octanol–water partition coefficient (Wildman–Crippen LogP) is -1.58. The minimum atomic E-state index is -1.38. The average molecular weight is 1460 g/mol. The quantitative estimate of drug-likeness (QED) is 0.0798. The molecule has 21 aliphatic rings. The van der Waals surface area contributed by atoms with Crippen LogP contribution < -0.4 is 0 Å². The molecule has 100 heavy (non-hydrogen) atoms. The van der Waals surface area contributed by atoms with Gasteiger partial charge in [0.1, 0.15) is 165 Å². The molecule has 35 atom stereocenters. The maximum atomic E-state index is 13.4. The second kappa shape index (κ2) is 40.9. The van der Waals surface area contributed by atoms with E-state index in [0.29, 0.717) is 0 Å². The Kier molecular flexibility index (Phi) is 34.2. The lowest BCUT2D eigenvalue weighted by Crippen LogP contribution is -2.69. The highest BCUT2D eigenvalue weighted by Crippen LogP contribution is 2.43. The van der Waals surface area contributed by atoms with Crippen LogP contribution in [0.5, 0.6) is 0 Å². The number of rotatable bonds is 28. The zero-order chi connectivity index (χ0) is 72.5. The van der Waals surface area contributed by atoms with E-state index in [1.807, 2.05) is 0 Å². The van der Waals surface area contributed by atoms with Crippen LogP contribution in [0, 0.1) is 0 Å². The first kappa shape index (κ1) is 83.7. The van der Waals surface area contributed by atoms with Crippen molar-refractivity contribution in [3.05, 3.63) is 0 Å². The van der Waals surface area contributed by atoms with Crippen molar-refractivity contribution in [1.29, 1.82) is 0 Å². The lowest BCUT2D eigenvalue weighted by Gasteiger charge is -2.52. The fourth-order valence-corrected chi connectivity index (χ4v) is 14.9. The van der Waals surface area contributed by atoms with E-state index in [-0.39, 0.29) is 46.2 Å². The second-order valence-corrected chi connectivity index (χ2v) is 24.9. The third-order valence-electron chi connectivity index (χ3n) is 19.3. The Hall–Kier alpha value is -1.89. The maximum absolute atomic E-state index is 13.4. The zero-order valence-electron chi connectivity index (χ0n) is 61.4. The first-order valence-corrected chi connectivity index (χ1v) is 33.2. The van der Waals surface area contributed by atoms with Crippen molar-refractivity contribution in [2.75, 3.05) is 188 Å². The summed E-state index contributed by atoms with van der Waals surface area (Å²) >= 11 is 0. The standard InChI is InChI=1S/C64H112O36/c1-29(65)86-50-43-36(28-72-8)93-64(57(50)85-21)99-42-35(27-71-7)91-62(55(83-19)49(42)78-14)97-40-33(25-69-5)89-60(53(81-17)47(40)76-12)95-38-31(23-67-3)87-58(51(79-15)45(38)74-10)94-37-30(22-66-2)88-59(52(80-16)44(37)73-9)96-39-32(24-68-4)90-61(54(82-18)46(39)75-11)98-41-34(26-70-6)92-63(100-43)56(84-20)48(41)77-13/h30-64H,22-28H2,1-21H3/t30-,31-,32-,33-,34-,35-,36-,37-,38-,39-,40-,41-,42-,43-,44+,45+,46+,47+,48+,49+,50+,51-,52-,53-,54-,55-,56-,57-,58-,59-,60-,61-,62-,63-,64-/m1/s1. The van der Waals surface area contributed by atoms with Crippen LogP contribution >= 0.6 is 0 Å². The van der Waals surface area contributed by atoms with E-state index in [1.54, 1.807) is 0 Å². The third-order valence-corrected chi connectivity index (χ3v) is 19.3. The van der Waals surface area contributed by atoms with Gasteiger partial charge in [-0.05, 0) is 0 Å². The van der Waals surface area contributed by atoms with Crippen LogP contribution in [0.3, 0.4) is 0 Å². The van der Waals surface area contributed by atoms with Gasteiger partial charge in [-0.1, -0.05) is 0 Å². The molecule has 0 N–H and O–H groups in total. The zero-order valence-corrected chi connectivity index (χ0v) is 61.4. The normalized spacial score (nSPS) is 45.3. The van der Waals surface area contributed by atoms with E-state index in [2.05, 4.69) is 0 Å². The summed E-state index contributed by atoms with van der Waals surface area (Å²) in [6.07, 6.45) is -38.3. The number of esters is 1. The van der Waals surface area contributed by atoms with Crippen LogP contribution in [0.1, 0.15) is 6.92 Å². The van der Waals surface area contributed by atoms with Gasteiger partial charge in [-0.25, -0.2) is 0 Å². The molecular weight excluding hydrogens is 1340 g/mol. The first-order valence-electron chi connectivity index (χ1n) is 33.2. The average Bonchev–Trinajstić information content (AvgIpc) is 0.767. The molecular formula is C64H112O36. The number of hydrogen-bond donors (Lipinski definition) is 0. The number of ether oxygens (including phenoxy) is 35. The van der Waals surface area contributed by atoms with Gasteiger partial charge in [0.25, 0.3) is 0 Å². The summed E-state index contributed by atoms with van der Waals surface area (Å²) in [7, 11) is 29.7. The molecule has 21 saturated heterocycles. The molecule has 0 aromatic heterocycles. The molecule has 584 valence electrons. The predicted molar refractivity (Wildman–Crippen MR) is 334 cm³/mol. The Balaban J connectivity index is 1.25. The highest BCUT2D eigenvalue weighted by Gasteiger charge is 2.62. The van der Waals surface area contributed by atoms with Crippen LogP contribution in [-0.4, -0.2) is 409 Å². The summed E-state index contributed by atoms with van der Waals surface area (Å²) in [6.45, 7) is 0.676. The molecule has 21 heterocycles. The van der Waals surface area contributed by atoms with Crippen molar-refractivity contribution in [3.63, 3.8) is 0 Å². The van der Waals surface area contributed by atoms with Gasteiger partial charge in [0.15, 0.2) is 50.1 Å². The highest BCUT2D eigenvalue weighted by atomic mass is 16.8. The van der Waals surface area contributed by atoms with Crippen molar-refractivity contribution in [1.82, 2.24) is 0 Å². The summed E-state index contributed by atoms with van der Waals surface area (Å²) < 4.78 is 226. The van der Waals surface area contributed by atoms with Crippen molar-refractivity contribution < 1.29 is 171 Å². The van der Waals surface area contributed by atoms with Gasteiger partial charge in [0.2, 0.25) is 0 Å². The second-order valence-electron chi connectivity index (χ2n) is 24.9. The first-order chi connectivity index (χ1) is 48.5. The van der Waals surface area contributed by atoms with Crippen molar-refractivity contribution >= 4 is 5.97 Å². The Morgan fingerprint density at radius 1 is 0.200 bits per heavy atom. The van der Waals surface area contributed by atoms with Crippen molar-refractivity contribution in [3.8, 4) is 0 Å². The third kappa shape index (κ3) is 18.4. The Labute approximate surface area is 585 Å². The van der Waals surface area contributed by atoms with E-state index < -0.39 is 221 Å². The minimum absolute atomic E-state index is 0.0522. The van der Waals surface area contributed by atoms with Crippen LogP contribution in [-0.2, 0) is 171 Å². The molecule has 0 radical (unpaired) electrons. The highest BCUT2D eigenvalue weighted by molar-refractivity contribution is 5.66. The van der Waals surface area contributed by atoms with Gasteiger partial charge in [-0.3, -0.25) is 4.79 Å². The number of carbonyl (C=O) groups is 1. The topological polar surface area (TPSA) is 340 Å². The SMILES string of the molecule is COC[C@H]1O[C@@H]2O[C@H]3[C@H](OC)[C@@H](OC)[C@@H](O[C@H]4[C@H](OC)[C@@H](OC)[C@@H](O[C@H]5[C@H](OC)[C@@H](OC)[C@@H](O[C@H]6[C@H](OC(C)=O)[C@@H](OC)[C@@H](O[C@H]7[C@H](OC)[C@@H](OC)[C@@H](O[C@H]8[C@H](OC)[C@@H](OC)[C@@H](O[C@H]1[C@H](OC)[C@H]2OC)O[C@@H]8COC)O[C@@H]7COC)O[C@@H]6COC)O[C@@H]5COC)O[C@@H]4COC)O[C@@H]3COC. The molecule has 21 aliphatic heterocycles. The number of carbonyl (C=O) groups excluding carboxylic acids is 1. The summed E-state index contributed by atoms with van der Waals surface area (Å²) in [6, 6.07) is 0. The molecule has 0 spiro atoms. The van der Waals surface area contributed by atoms with Crippen LogP contribution in [0.4, 0.5) is 0 Å². The van der Waals surface area contributed by atoms with Crippen LogP contribution in [0.15, 0.2) is 0 Å². The molecule has 36 heteroatoms. The maximum Gasteiger partial charge on any atom is 0.303 e. The van der Waals surface area contributed by atoms with E-state index in [0.717, 1.165) is 0 Å². The number of hydrogen-bond acceptors (Lipinski definition) is 36. The Morgan fingerprint density at radius 3 is 0.450 bits per heavy atom. The van der Waals surface area contributed by atoms with E-state index >= 15 is 0 Å². The molecule has 14 bridgehead atoms. The van der Waals surface area contributed by atoms with Crippen LogP contribution in [0.25, 0.3) is 0 Å². The van der Waals surface area contributed by atoms with Crippen LogP contribution in [0.2, 0.25) is 0 Å². The lowest BCUT2D eigenvalue weighted by molar-refractivity contribution is -0.402. The van der Waals surface area contributed by atoms with Gasteiger partial charge in [0.05, 0.1) is 46.2 Å². The van der Waals surface area contributed by atoms with E-state index in [9.17, 15) is 4.79 Å². The fraction of sp³-hybridized carbons (Fsp3) is 0.984. The van der Waals surface area contributed by atoms with Gasteiger partial charge in [0, 0.05) is 149 Å². The van der Waals surface area contributed by atoms with E-state index in [1.165, 1.54) is 149 Å². The Morgan fingerprint density at radius 2 is 0.330 bits per heavy atom. The summed E-state index contributed by atoms with van der Waals surface area (Å²) in [4.78, 5) is 13.4. The molecule has 36 nitrogen and oxygen atoms in total. The van der Waals surface area contributed by atoms with Crippen molar-refractivity contribution in [2.45, 2.75) is 222 Å². The van der Waals surface area contributed by atoms with E-state index in [4.69, 9.17) is 166 Å². The molecule has 0 amide bonds. The van der Waals surface area contributed by atoms with Crippen molar-refractivity contribution in [2.24, 2.45) is 0 Å². The summed E-state index contributed by atoms with van der Waals surface area (Å²) in [5.74, 6) is -0.698. The smallest absolute Gasteiger partial charge is 0.303 e. The molecule has 21 fully saturated rings. The molecule has 21 rings (SSSR count). The fourth-order valence-electron chi connectivity index (χ4n) is 14.9. The largest absolute Gasteiger partial charge is 0.457 e. The summed E-state index contributed by atoms with van der Waals surface area (Å²) in [5, 5.41) is 0. The number of methoxy groups -OCH3 is 20. The lowest BCUT2D eigenvalue weighted by atomic mass is 9.94. The molecule has 0 aliphatic carbocycles. The van der Waals surface area contributed by atoms with Gasteiger partial charge in [-0.15, -0.1) is 0 Å². The van der Waals surface area contributed by atoms with Gasteiger partial charge >= 0.3 is 5.97 Å². The molecule has 0 unspecified atom stereocenters. The van der Waals surface area contributed by atoms with Gasteiger partial charge in [-0.2, -0.15) is 0 Å². The molecule has 0 aromatic carbocycles. The monoisotopic (exact) mass is 1460 g/mol. The van der Waals surface area contributed by atoms with Gasteiger partial charge < -0.3 is 166 Å². The minimum Gasteiger partial charge on any atom is -0.457 e. The molecule has 0 saturated carbocycles. The summed E-state index contributed by atoms with van der Waals surface area (Å²) in [5.41, 5.74) is 0.